The minimum absolute atomic E-state index is 0.0849. The van der Waals surface area contributed by atoms with Crippen molar-refractivity contribution in [1.29, 1.82) is 0 Å². The van der Waals surface area contributed by atoms with E-state index in [1.165, 1.54) is 18.2 Å². The highest BCUT2D eigenvalue weighted by atomic mass is 19.1. The number of amides is 1. The third-order valence-corrected chi connectivity index (χ3v) is 3.00. The summed E-state index contributed by atoms with van der Waals surface area (Å²) in [4.78, 5) is 22.8. The monoisotopic (exact) mass is 257 g/mol. The lowest BCUT2D eigenvalue weighted by atomic mass is 10.00. The molecule has 0 saturated carbocycles. The number of hydrogen-bond acceptors (Lipinski definition) is 3. The van der Waals surface area contributed by atoms with Crippen molar-refractivity contribution in [3.63, 3.8) is 0 Å². The van der Waals surface area contributed by atoms with Crippen molar-refractivity contribution in [3.8, 4) is 16.9 Å². The van der Waals surface area contributed by atoms with E-state index in [0.717, 1.165) is 6.07 Å². The molecule has 0 aromatic heterocycles. The summed E-state index contributed by atoms with van der Waals surface area (Å²) >= 11 is 0. The molecule has 1 aliphatic heterocycles. The van der Waals surface area contributed by atoms with Gasteiger partial charge in [-0.3, -0.25) is 9.59 Å². The molecule has 4 nitrogen and oxygen atoms in total. The summed E-state index contributed by atoms with van der Waals surface area (Å²) in [5.41, 5.74) is 0.632. The summed E-state index contributed by atoms with van der Waals surface area (Å²) in [6, 6.07) is 8.58. The van der Waals surface area contributed by atoms with Gasteiger partial charge in [0.25, 0.3) is 11.7 Å². The van der Waals surface area contributed by atoms with E-state index in [2.05, 4.69) is 5.32 Å². The second-order valence-electron chi connectivity index (χ2n) is 4.18. The van der Waals surface area contributed by atoms with Crippen molar-refractivity contribution in [2.75, 3.05) is 5.32 Å². The van der Waals surface area contributed by atoms with E-state index in [0.29, 0.717) is 0 Å². The fraction of sp³-hybridized carbons (Fsp3) is 0. The van der Waals surface area contributed by atoms with Crippen LogP contribution in [0.4, 0.5) is 10.1 Å². The largest absolute Gasteiger partial charge is 0.507 e. The molecule has 1 amide bonds. The average Bonchev–Trinajstić information content (AvgIpc) is 2.65. The van der Waals surface area contributed by atoms with Crippen LogP contribution in [0.15, 0.2) is 36.4 Å². The topological polar surface area (TPSA) is 66.4 Å². The maximum Gasteiger partial charge on any atom is 0.296 e. The molecule has 19 heavy (non-hydrogen) atoms. The molecular weight excluding hydrogens is 249 g/mol. The van der Waals surface area contributed by atoms with Crippen LogP contribution >= 0.6 is 0 Å². The maximum atomic E-state index is 14.0. The Bertz CT molecular complexity index is 725. The van der Waals surface area contributed by atoms with E-state index in [1.54, 1.807) is 12.1 Å². The van der Waals surface area contributed by atoms with Crippen LogP contribution in [0.3, 0.4) is 0 Å². The normalized spacial score (nSPS) is 13.3. The second-order valence-corrected chi connectivity index (χ2v) is 4.18. The van der Waals surface area contributed by atoms with Crippen LogP contribution in [0.25, 0.3) is 11.1 Å². The molecule has 5 heteroatoms. The van der Waals surface area contributed by atoms with Gasteiger partial charge in [-0.1, -0.05) is 18.2 Å². The number of phenols is 1. The summed E-state index contributed by atoms with van der Waals surface area (Å²) in [6.07, 6.45) is 0. The molecular formula is C14H8FNO3. The summed E-state index contributed by atoms with van der Waals surface area (Å²) < 4.78 is 14.0. The number of ketones is 1. The van der Waals surface area contributed by atoms with E-state index in [1.807, 2.05) is 0 Å². The first-order valence-electron chi connectivity index (χ1n) is 5.55. The Kier molecular flexibility index (Phi) is 2.35. The van der Waals surface area contributed by atoms with Crippen molar-refractivity contribution in [1.82, 2.24) is 0 Å². The number of benzene rings is 2. The molecule has 0 atom stereocenters. The van der Waals surface area contributed by atoms with Crippen molar-refractivity contribution in [2.24, 2.45) is 0 Å². The number of halogens is 1. The van der Waals surface area contributed by atoms with Gasteiger partial charge in [0.05, 0.1) is 11.3 Å². The van der Waals surface area contributed by atoms with Crippen LogP contribution in [-0.2, 0) is 4.79 Å². The zero-order valence-corrected chi connectivity index (χ0v) is 9.61. The van der Waals surface area contributed by atoms with E-state index in [4.69, 9.17) is 0 Å². The summed E-state index contributed by atoms with van der Waals surface area (Å²) in [6.45, 7) is 0. The number of para-hydroxylation sites is 1. The number of Topliss-reactive ketones (excluding diaryl/α,β-unsaturated/α-hetero) is 1. The highest BCUT2D eigenvalue weighted by Gasteiger charge is 2.29. The Morgan fingerprint density at radius 1 is 1.00 bits per heavy atom. The Hall–Kier alpha value is -2.69. The fourth-order valence-electron chi connectivity index (χ4n) is 2.07. The third-order valence-electron chi connectivity index (χ3n) is 3.00. The summed E-state index contributed by atoms with van der Waals surface area (Å²) in [5, 5.41) is 12.0. The van der Waals surface area contributed by atoms with Crippen molar-refractivity contribution >= 4 is 17.4 Å². The highest BCUT2D eigenvalue weighted by Crippen LogP contribution is 2.35. The molecule has 0 unspecified atom stereocenters. The zero-order valence-electron chi connectivity index (χ0n) is 9.61. The molecule has 0 bridgehead atoms. The smallest absolute Gasteiger partial charge is 0.296 e. The second kappa shape index (κ2) is 3.91. The van der Waals surface area contributed by atoms with Gasteiger partial charge in [-0.05, 0) is 18.2 Å². The Balaban J connectivity index is 2.23. The van der Waals surface area contributed by atoms with Gasteiger partial charge in [-0.2, -0.15) is 0 Å². The van der Waals surface area contributed by atoms with Gasteiger partial charge >= 0.3 is 0 Å². The maximum absolute atomic E-state index is 14.0. The third kappa shape index (κ3) is 1.67. The predicted molar refractivity (Wildman–Crippen MR) is 66.5 cm³/mol. The molecule has 2 N–H and O–H groups in total. The lowest BCUT2D eigenvalue weighted by molar-refractivity contribution is -0.112. The van der Waals surface area contributed by atoms with Gasteiger partial charge in [0.1, 0.15) is 11.6 Å². The number of hydrogen-bond donors (Lipinski definition) is 2. The van der Waals surface area contributed by atoms with E-state index in [9.17, 15) is 19.1 Å². The lowest BCUT2D eigenvalue weighted by Crippen LogP contribution is -2.12. The molecule has 0 spiro atoms. The average molecular weight is 257 g/mol. The number of rotatable bonds is 1. The first-order valence-corrected chi connectivity index (χ1v) is 5.55. The Labute approximate surface area is 107 Å². The number of fused-ring (bicyclic) bond motifs is 1. The molecule has 0 aliphatic carbocycles. The molecule has 1 aliphatic rings. The number of carbonyl (C=O) groups is 2. The number of nitrogens with one attached hydrogen (secondary N) is 1. The van der Waals surface area contributed by atoms with Gasteiger partial charge in [0.2, 0.25) is 0 Å². The van der Waals surface area contributed by atoms with Crippen LogP contribution in [-0.4, -0.2) is 16.8 Å². The minimum Gasteiger partial charge on any atom is -0.507 e. The molecule has 3 rings (SSSR count). The molecule has 0 fully saturated rings. The van der Waals surface area contributed by atoms with Gasteiger partial charge in [-0.15, -0.1) is 0 Å². The Morgan fingerprint density at radius 3 is 2.47 bits per heavy atom. The number of aromatic hydroxyl groups is 1. The number of carbonyl (C=O) groups excluding carboxylic acids is 2. The SMILES string of the molecule is O=C1Nc2cc(F)c(-c3ccccc3O)cc2C1=O. The quantitative estimate of drug-likeness (QED) is 0.770. The summed E-state index contributed by atoms with van der Waals surface area (Å²) in [7, 11) is 0. The van der Waals surface area contributed by atoms with Gasteiger partial charge < -0.3 is 10.4 Å². The fourth-order valence-corrected chi connectivity index (χ4v) is 2.07. The van der Waals surface area contributed by atoms with Crippen LogP contribution < -0.4 is 5.32 Å². The number of anilines is 1. The zero-order chi connectivity index (χ0) is 13.6. The van der Waals surface area contributed by atoms with E-state index >= 15 is 0 Å². The highest BCUT2D eigenvalue weighted by molar-refractivity contribution is 6.51. The molecule has 2 aromatic rings. The lowest BCUT2D eigenvalue weighted by Gasteiger charge is -2.07. The van der Waals surface area contributed by atoms with Crippen molar-refractivity contribution in [3.05, 3.63) is 47.8 Å². The predicted octanol–water partition coefficient (Wildman–Crippen LogP) is 2.33. The molecule has 1 heterocycles. The van der Waals surface area contributed by atoms with Crippen LogP contribution in [0.1, 0.15) is 10.4 Å². The van der Waals surface area contributed by atoms with Gasteiger partial charge in [0.15, 0.2) is 0 Å². The standard InChI is InChI=1S/C14H8FNO3/c15-10-6-11-9(13(18)14(19)16-11)5-8(10)7-3-1-2-4-12(7)17/h1-6,17H,(H,16,18,19). The summed E-state index contributed by atoms with van der Waals surface area (Å²) in [5.74, 6) is -2.18. The minimum atomic E-state index is -0.774. The number of phenolic OH excluding ortho intramolecular Hbond substituents is 1. The van der Waals surface area contributed by atoms with Gasteiger partial charge in [0, 0.05) is 11.1 Å². The molecule has 0 radical (unpaired) electrons. The van der Waals surface area contributed by atoms with Crippen LogP contribution in [0.2, 0.25) is 0 Å². The molecule has 94 valence electrons. The van der Waals surface area contributed by atoms with Gasteiger partial charge in [-0.25, -0.2) is 4.39 Å². The first-order chi connectivity index (χ1) is 9.08. The van der Waals surface area contributed by atoms with E-state index < -0.39 is 17.5 Å². The Morgan fingerprint density at radius 2 is 1.74 bits per heavy atom. The van der Waals surface area contributed by atoms with Crippen molar-refractivity contribution < 1.29 is 19.1 Å². The molecule has 0 saturated heterocycles. The van der Waals surface area contributed by atoms with Crippen LogP contribution in [0, 0.1) is 5.82 Å². The first kappa shape index (κ1) is 11.4. The van der Waals surface area contributed by atoms with E-state index in [-0.39, 0.29) is 28.1 Å². The molecule has 2 aromatic carbocycles. The van der Waals surface area contributed by atoms with Crippen molar-refractivity contribution in [2.45, 2.75) is 0 Å². The van der Waals surface area contributed by atoms with Crippen LogP contribution in [0.5, 0.6) is 5.75 Å².